The standard InChI is InChI=1S/C15H22N2O2/c1-3-17(8-9-18)15(19)16-14-11(2)10-12-6-4-5-7-13(12)14/h4-7,11,14,18H,3,8-10H2,1-2H3,(H,16,19). The molecule has 0 aromatic heterocycles. The van der Waals surface area contributed by atoms with E-state index in [0.717, 1.165) is 6.42 Å². The Hall–Kier alpha value is -1.55. The first-order valence-corrected chi connectivity index (χ1v) is 6.91. The molecule has 19 heavy (non-hydrogen) atoms. The van der Waals surface area contributed by atoms with E-state index in [1.165, 1.54) is 11.1 Å². The first-order chi connectivity index (χ1) is 9.17. The molecular weight excluding hydrogens is 240 g/mol. The average molecular weight is 262 g/mol. The lowest BCUT2D eigenvalue weighted by atomic mass is 10.0. The second kappa shape index (κ2) is 6.06. The van der Waals surface area contributed by atoms with Gasteiger partial charge in [-0.2, -0.15) is 0 Å². The van der Waals surface area contributed by atoms with Crippen molar-refractivity contribution in [3.8, 4) is 0 Å². The van der Waals surface area contributed by atoms with E-state index in [2.05, 4.69) is 24.4 Å². The Labute approximate surface area is 114 Å². The molecule has 0 bridgehead atoms. The van der Waals surface area contributed by atoms with E-state index in [4.69, 9.17) is 5.11 Å². The lowest BCUT2D eigenvalue weighted by molar-refractivity contribution is 0.174. The number of hydrogen-bond acceptors (Lipinski definition) is 2. The maximum Gasteiger partial charge on any atom is 0.317 e. The molecule has 1 aromatic carbocycles. The lowest BCUT2D eigenvalue weighted by Crippen LogP contribution is -2.43. The van der Waals surface area contributed by atoms with Crippen LogP contribution in [0.2, 0.25) is 0 Å². The van der Waals surface area contributed by atoms with Crippen molar-refractivity contribution < 1.29 is 9.90 Å². The highest BCUT2D eigenvalue weighted by atomic mass is 16.3. The van der Waals surface area contributed by atoms with E-state index < -0.39 is 0 Å². The third-order valence-corrected chi connectivity index (χ3v) is 3.82. The number of benzene rings is 1. The molecular formula is C15H22N2O2. The number of nitrogens with zero attached hydrogens (tertiary/aromatic N) is 1. The van der Waals surface area contributed by atoms with E-state index in [-0.39, 0.29) is 18.7 Å². The zero-order chi connectivity index (χ0) is 13.8. The average Bonchev–Trinajstić information content (AvgIpc) is 2.72. The number of carbonyl (C=O) groups excluding carboxylic acids is 1. The van der Waals surface area contributed by atoms with Gasteiger partial charge in [0.1, 0.15) is 0 Å². The quantitative estimate of drug-likeness (QED) is 0.871. The van der Waals surface area contributed by atoms with Gasteiger partial charge in [-0.25, -0.2) is 4.79 Å². The highest BCUT2D eigenvalue weighted by Crippen LogP contribution is 2.35. The minimum absolute atomic E-state index is 0.00192. The second-order valence-corrected chi connectivity index (χ2v) is 5.11. The van der Waals surface area contributed by atoms with Crippen molar-refractivity contribution in [1.82, 2.24) is 10.2 Å². The van der Waals surface area contributed by atoms with Crippen LogP contribution in [0.5, 0.6) is 0 Å². The van der Waals surface area contributed by atoms with Crippen LogP contribution in [0.1, 0.15) is 31.0 Å². The van der Waals surface area contributed by atoms with Crippen LogP contribution < -0.4 is 5.32 Å². The second-order valence-electron chi connectivity index (χ2n) is 5.11. The summed E-state index contributed by atoms with van der Waals surface area (Å²) in [5, 5.41) is 12.1. The smallest absolute Gasteiger partial charge is 0.317 e. The van der Waals surface area contributed by atoms with E-state index in [1.807, 2.05) is 19.1 Å². The monoisotopic (exact) mass is 262 g/mol. The number of hydrogen-bond donors (Lipinski definition) is 2. The van der Waals surface area contributed by atoms with E-state index in [0.29, 0.717) is 19.0 Å². The largest absolute Gasteiger partial charge is 0.395 e. The normalized spacial score (nSPS) is 21.0. The fraction of sp³-hybridized carbons (Fsp3) is 0.533. The predicted molar refractivity (Wildman–Crippen MR) is 74.9 cm³/mol. The van der Waals surface area contributed by atoms with Gasteiger partial charge in [-0.15, -0.1) is 0 Å². The van der Waals surface area contributed by atoms with Crippen LogP contribution >= 0.6 is 0 Å². The van der Waals surface area contributed by atoms with Gasteiger partial charge in [0.15, 0.2) is 0 Å². The fourth-order valence-electron chi connectivity index (χ4n) is 2.76. The van der Waals surface area contributed by atoms with Crippen LogP contribution in [0.25, 0.3) is 0 Å². The van der Waals surface area contributed by atoms with Gasteiger partial charge in [-0.3, -0.25) is 0 Å². The van der Waals surface area contributed by atoms with Crippen LogP contribution in [0.3, 0.4) is 0 Å². The molecule has 104 valence electrons. The summed E-state index contributed by atoms with van der Waals surface area (Å²) in [5.74, 6) is 0.411. The van der Waals surface area contributed by atoms with Crippen molar-refractivity contribution in [2.45, 2.75) is 26.3 Å². The molecule has 2 N–H and O–H groups in total. The Bertz CT molecular complexity index is 448. The highest BCUT2D eigenvalue weighted by molar-refractivity contribution is 5.75. The summed E-state index contributed by atoms with van der Waals surface area (Å²) < 4.78 is 0. The van der Waals surface area contributed by atoms with Crippen molar-refractivity contribution in [1.29, 1.82) is 0 Å². The lowest BCUT2D eigenvalue weighted by Gasteiger charge is -2.25. The summed E-state index contributed by atoms with van der Waals surface area (Å²) in [4.78, 5) is 13.8. The molecule has 4 nitrogen and oxygen atoms in total. The molecule has 0 fully saturated rings. The fourth-order valence-corrected chi connectivity index (χ4v) is 2.76. The summed E-state index contributed by atoms with van der Waals surface area (Å²) in [5.41, 5.74) is 2.55. The SMILES string of the molecule is CCN(CCO)C(=O)NC1c2ccccc2CC1C. The zero-order valence-corrected chi connectivity index (χ0v) is 11.6. The van der Waals surface area contributed by atoms with Gasteiger partial charge < -0.3 is 15.3 Å². The number of likely N-dealkylation sites (N-methyl/N-ethyl adjacent to an activating group) is 1. The maximum absolute atomic E-state index is 12.2. The molecule has 2 unspecified atom stereocenters. The van der Waals surface area contributed by atoms with Crippen LogP contribution in [0.15, 0.2) is 24.3 Å². The summed E-state index contributed by atoms with van der Waals surface area (Å²) in [6, 6.07) is 8.26. The molecule has 0 aliphatic heterocycles. The zero-order valence-electron chi connectivity index (χ0n) is 11.6. The van der Waals surface area contributed by atoms with Gasteiger partial charge >= 0.3 is 6.03 Å². The highest BCUT2D eigenvalue weighted by Gasteiger charge is 2.30. The number of nitrogens with one attached hydrogen (secondary N) is 1. The summed E-state index contributed by atoms with van der Waals surface area (Å²) in [7, 11) is 0. The first-order valence-electron chi connectivity index (χ1n) is 6.91. The Morgan fingerprint density at radius 1 is 1.47 bits per heavy atom. The van der Waals surface area contributed by atoms with Gasteiger partial charge in [0.2, 0.25) is 0 Å². The van der Waals surface area contributed by atoms with Crippen LogP contribution in [-0.2, 0) is 6.42 Å². The molecule has 0 radical (unpaired) electrons. The van der Waals surface area contributed by atoms with Crippen molar-refractivity contribution in [3.05, 3.63) is 35.4 Å². The number of carbonyl (C=O) groups is 1. The summed E-state index contributed by atoms with van der Waals surface area (Å²) in [6.07, 6.45) is 1.01. The van der Waals surface area contributed by atoms with E-state index >= 15 is 0 Å². The molecule has 0 saturated carbocycles. The summed E-state index contributed by atoms with van der Waals surface area (Å²) >= 11 is 0. The number of fused-ring (bicyclic) bond motifs is 1. The Balaban J connectivity index is 2.08. The molecule has 2 rings (SSSR count). The molecule has 0 heterocycles. The van der Waals surface area contributed by atoms with E-state index in [9.17, 15) is 4.79 Å². The molecule has 2 atom stereocenters. The Morgan fingerprint density at radius 3 is 2.89 bits per heavy atom. The Morgan fingerprint density at radius 2 is 2.21 bits per heavy atom. The maximum atomic E-state index is 12.2. The number of aliphatic hydroxyl groups excluding tert-OH is 1. The number of aliphatic hydroxyl groups is 1. The van der Waals surface area contributed by atoms with Gasteiger partial charge in [-0.1, -0.05) is 31.2 Å². The summed E-state index contributed by atoms with van der Waals surface area (Å²) in [6.45, 7) is 5.06. The third kappa shape index (κ3) is 2.89. The minimum Gasteiger partial charge on any atom is -0.395 e. The van der Waals surface area contributed by atoms with Crippen molar-refractivity contribution in [2.24, 2.45) is 5.92 Å². The number of amides is 2. The molecule has 0 spiro atoms. The predicted octanol–water partition coefficient (Wildman–Crippen LogP) is 1.94. The van der Waals surface area contributed by atoms with Crippen LogP contribution in [0, 0.1) is 5.92 Å². The van der Waals surface area contributed by atoms with Gasteiger partial charge in [0, 0.05) is 13.1 Å². The third-order valence-electron chi connectivity index (χ3n) is 3.82. The van der Waals surface area contributed by atoms with Gasteiger partial charge in [-0.05, 0) is 30.4 Å². The molecule has 4 heteroatoms. The first kappa shape index (κ1) is 13.9. The Kier molecular flexibility index (Phi) is 4.43. The van der Waals surface area contributed by atoms with Crippen molar-refractivity contribution in [3.63, 3.8) is 0 Å². The molecule has 0 saturated heterocycles. The van der Waals surface area contributed by atoms with Crippen molar-refractivity contribution >= 4 is 6.03 Å². The molecule has 1 aliphatic rings. The van der Waals surface area contributed by atoms with Crippen LogP contribution in [0.4, 0.5) is 4.79 Å². The van der Waals surface area contributed by atoms with Gasteiger partial charge in [0.25, 0.3) is 0 Å². The van der Waals surface area contributed by atoms with Crippen LogP contribution in [-0.4, -0.2) is 35.7 Å². The number of urea groups is 1. The molecule has 2 amide bonds. The topological polar surface area (TPSA) is 52.6 Å². The van der Waals surface area contributed by atoms with Gasteiger partial charge in [0.05, 0.1) is 12.6 Å². The molecule has 1 aromatic rings. The van der Waals surface area contributed by atoms with E-state index in [1.54, 1.807) is 4.90 Å². The number of rotatable bonds is 4. The molecule has 1 aliphatic carbocycles. The van der Waals surface area contributed by atoms with Crippen molar-refractivity contribution in [2.75, 3.05) is 19.7 Å². The minimum atomic E-state index is -0.0925.